The van der Waals surface area contributed by atoms with Gasteiger partial charge >= 0.3 is 6.18 Å². The highest BCUT2D eigenvalue weighted by Gasteiger charge is 2.31. The van der Waals surface area contributed by atoms with Gasteiger partial charge in [0.05, 0.1) is 5.56 Å². The number of nitrogens with one attached hydrogen (secondary N) is 1. The molecule has 3 rings (SSSR count). The Hall–Kier alpha value is -1.89. The van der Waals surface area contributed by atoms with Gasteiger partial charge in [-0.05, 0) is 38.1 Å². The molecule has 0 unspecified atom stereocenters. The van der Waals surface area contributed by atoms with Crippen molar-refractivity contribution in [2.45, 2.75) is 24.9 Å². The lowest BCUT2D eigenvalue weighted by Crippen LogP contribution is -2.26. The fraction of sp³-hybridized carbons (Fsp3) is 0.429. The van der Waals surface area contributed by atoms with Gasteiger partial charge in [-0.1, -0.05) is 17.3 Å². The van der Waals surface area contributed by atoms with Crippen molar-refractivity contribution in [1.82, 2.24) is 15.5 Å². The average Bonchev–Trinajstić information content (AvgIpc) is 2.97. The summed E-state index contributed by atoms with van der Waals surface area (Å²) in [7, 11) is 0. The Morgan fingerprint density at radius 2 is 1.95 bits per heavy atom. The Bertz CT molecular complexity index is 618. The van der Waals surface area contributed by atoms with Gasteiger partial charge in [0, 0.05) is 11.5 Å². The molecule has 0 saturated carbocycles. The number of aromatic nitrogens is 2. The Kier molecular flexibility index (Phi) is 3.67. The molecule has 1 aromatic carbocycles. The molecular weight excluding hydrogens is 283 g/mol. The van der Waals surface area contributed by atoms with Gasteiger partial charge in [-0.25, -0.2) is 0 Å². The molecule has 1 fully saturated rings. The third-order valence-corrected chi connectivity index (χ3v) is 3.58. The van der Waals surface area contributed by atoms with Crippen molar-refractivity contribution >= 4 is 0 Å². The first-order valence-electron chi connectivity index (χ1n) is 6.76. The molecule has 0 radical (unpaired) electrons. The molecule has 1 aromatic heterocycles. The second-order valence-electron chi connectivity index (χ2n) is 5.06. The van der Waals surface area contributed by atoms with Crippen LogP contribution in [-0.2, 0) is 6.18 Å². The number of hydrogen-bond acceptors (Lipinski definition) is 4. The summed E-state index contributed by atoms with van der Waals surface area (Å²) < 4.78 is 43.3. The zero-order chi connectivity index (χ0) is 14.9. The summed E-state index contributed by atoms with van der Waals surface area (Å²) in [5.74, 6) is 0.886. The maximum Gasteiger partial charge on any atom is 0.416 e. The Morgan fingerprint density at radius 1 is 1.19 bits per heavy atom. The summed E-state index contributed by atoms with van der Waals surface area (Å²) in [5.41, 5.74) is -0.401. The monoisotopic (exact) mass is 297 g/mol. The first-order chi connectivity index (χ1) is 10.0. The Labute approximate surface area is 119 Å². The zero-order valence-electron chi connectivity index (χ0n) is 11.2. The minimum atomic E-state index is -4.38. The van der Waals surface area contributed by atoms with E-state index < -0.39 is 11.7 Å². The minimum Gasteiger partial charge on any atom is -0.339 e. The van der Waals surface area contributed by atoms with Crippen LogP contribution in [0.1, 0.15) is 30.2 Å². The molecule has 0 amide bonds. The summed E-state index contributed by atoms with van der Waals surface area (Å²) in [5, 5.41) is 7.04. The molecule has 112 valence electrons. The van der Waals surface area contributed by atoms with Gasteiger partial charge in [0.1, 0.15) is 0 Å². The standard InChI is InChI=1S/C14H14F3N3O/c15-14(16,17)11-3-1-2-10(8-11)12-19-13(21-20-12)9-4-6-18-7-5-9/h1-3,8-9,18H,4-7H2. The van der Waals surface area contributed by atoms with Crippen molar-refractivity contribution in [2.75, 3.05) is 13.1 Å². The summed E-state index contributed by atoms with van der Waals surface area (Å²) >= 11 is 0. The van der Waals surface area contributed by atoms with Gasteiger partial charge < -0.3 is 9.84 Å². The highest BCUT2D eigenvalue weighted by molar-refractivity contribution is 5.55. The lowest BCUT2D eigenvalue weighted by molar-refractivity contribution is -0.137. The van der Waals surface area contributed by atoms with E-state index in [4.69, 9.17) is 4.52 Å². The number of nitrogens with zero attached hydrogens (tertiary/aromatic N) is 2. The van der Waals surface area contributed by atoms with Crippen LogP contribution >= 0.6 is 0 Å². The van der Waals surface area contributed by atoms with E-state index in [2.05, 4.69) is 15.5 Å². The van der Waals surface area contributed by atoms with Crippen LogP contribution < -0.4 is 5.32 Å². The van der Waals surface area contributed by atoms with Gasteiger partial charge in [0.2, 0.25) is 11.7 Å². The largest absolute Gasteiger partial charge is 0.416 e. The van der Waals surface area contributed by atoms with Crippen LogP contribution in [0.5, 0.6) is 0 Å². The van der Waals surface area contributed by atoms with E-state index >= 15 is 0 Å². The van der Waals surface area contributed by atoms with Crippen LogP contribution in [0.4, 0.5) is 13.2 Å². The molecule has 1 aliphatic heterocycles. The molecule has 1 aliphatic rings. The number of benzene rings is 1. The van der Waals surface area contributed by atoms with Crippen LogP contribution in [0.3, 0.4) is 0 Å². The number of hydrogen-bond donors (Lipinski definition) is 1. The molecule has 0 aliphatic carbocycles. The minimum absolute atomic E-state index is 0.179. The molecule has 1 saturated heterocycles. The van der Waals surface area contributed by atoms with Gasteiger partial charge in [-0.3, -0.25) is 0 Å². The van der Waals surface area contributed by atoms with E-state index in [1.54, 1.807) is 6.07 Å². The third-order valence-electron chi connectivity index (χ3n) is 3.58. The Morgan fingerprint density at radius 3 is 2.67 bits per heavy atom. The molecular formula is C14H14F3N3O. The zero-order valence-corrected chi connectivity index (χ0v) is 11.2. The molecule has 2 aromatic rings. The van der Waals surface area contributed by atoms with Gasteiger partial charge in [0.15, 0.2) is 0 Å². The van der Waals surface area contributed by atoms with Crippen LogP contribution in [-0.4, -0.2) is 23.2 Å². The van der Waals surface area contributed by atoms with Gasteiger partial charge in [-0.15, -0.1) is 0 Å². The lowest BCUT2D eigenvalue weighted by Gasteiger charge is -2.18. The van der Waals surface area contributed by atoms with E-state index in [1.807, 2.05) is 0 Å². The smallest absolute Gasteiger partial charge is 0.339 e. The van der Waals surface area contributed by atoms with Crippen molar-refractivity contribution in [2.24, 2.45) is 0 Å². The maximum absolute atomic E-state index is 12.7. The first-order valence-corrected chi connectivity index (χ1v) is 6.76. The molecule has 7 heteroatoms. The SMILES string of the molecule is FC(F)(F)c1cccc(-c2noc(C3CCNCC3)n2)c1. The van der Waals surface area contributed by atoms with E-state index in [-0.39, 0.29) is 11.7 Å². The molecule has 1 N–H and O–H groups in total. The Balaban J connectivity index is 1.86. The first kappa shape index (κ1) is 14.1. The predicted octanol–water partition coefficient (Wildman–Crippen LogP) is 3.22. The number of alkyl halides is 3. The molecule has 0 atom stereocenters. The van der Waals surface area contributed by atoms with Crippen molar-refractivity contribution in [3.63, 3.8) is 0 Å². The molecule has 0 spiro atoms. The van der Waals surface area contributed by atoms with Crippen molar-refractivity contribution in [1.29, 1.82) is 0 Å². The number of piperidine rings is 1. The quantitative estimate of drug-likeness (QED) is 0.924. The second kappa shape index (κ2) is 5.48. The van der Waals surface area contributed by atoms with Crippen LogP contribution in [0.2, 0.25) is 0 Å². The molecule has 4 nitrogen and oxygen atoms in total. The topological polar surface area (TPSA) is 51.0 Å². The van der Waals surface area contributed by atoms with Crippen molar-refractivity contribution in [3.05, 3.63) is 35.7 Å². The highest BCUT2D eigenvalue weighted by atomic mass is 19.4. The maximum atomic E-state index is 12.7. The summed E-state index contributed by atoms with van der Waals surface area (Å²) in [6, 6.07) is 4.96. The lowest BCUT2D eigenvalue weighted by atomic mass is 9.98. The summed E-state index contributed by atoms with van der Waals surface area (Å²) in [4.78, 5) is 4.25. The molecule has 2 heterocycles. The van der Waals surface area contributed by atoms with Gasteiger partial charge in [-0.2, -0.15) is 18.2 Å². The van der Waals surface area contributed by atoms with E-state index in [0.29, 0.717) is 11.5 Å². The molecule has 21 heavy (non-hydrogen) atoms. The van der Waals surface area contributed by atoms with E-state index in [9.17, 15) is 13.2 Å². The van der Waals surface area contributed by atoms with Crippen LogP contribution in [0, 0.1) is 0 Å². The van der Waals surface area contributed by atoms with E-state index in [1.165, 1.54) is 6.07 Å². The molecule has 0 bridgehead atoms. The van der Waals surface area contributed by atoms with Crippen molar-refractivity contribution in [3.8, 4) is 11.4 Å². The fourth-order valence-electron chi connectivity index (χ4n) is 2.42. The fourth-order valence-corrected chi connectivity index (χ4v) is 2.42. The average molecular weight is 297 g/mol. The van der Waals surface area contributed by atoms with E-state index in [0.717, 1.165) is 38.1 Å². The van der Waals surface area contributed by atoms with Gasteiger partial charge in [0.25, 0.3) is 0 Å². The summed E-state index contributed by atoms with van der Waals surface area (Å²) in [6.07, 6.45) is -2.59. The normalized spacial score (nSPS) is 17.1. The third kappa shape index (κ3) is 3.07. The predicted molar refractivity (Wildman–Crippen MR) is 69.6 cm³/mol. The second-order valence-corrected chi connectivity index (χ2v) is 5.06. The summed E-state index contributed by atoms with van der Waals surface area (Å²) in [6.45, 7) is 1.76. The highest BCUT2D eigenvalue weighted by Crippen LogP contribution is 2.32. The van der Waals surface area contributed by atoms with Crippen LogP contribution in [0.15, 0.2) is 28.8 Å². The van der Waals surface area contributed by atoms with Crippen molar-refractivity contribution < 1.29 is 17.7 Å². The number of rotatable bonds is 2. The van der Waals surface area contributed by atoms with Crippen LogP contribution in [0.25, 0.3) is 11.4 Å². The number of halogens is 3.